The van der Waals surface area contributed by atoms with Crippen LogP contribution in [0.2, 0.25) is 0 Å². The number of esters is 2. The average molecular weight is 641 g/mol. The molecule has 11 nitrogen and oxygen atoms in total. The highest BCUT2D eigenvalue weighted by Gasteiger charge is 2.94. The Hall–Kier alpha value is -2.57. The van der Waals surface area contributed by atoms with Crippen LogP contribution in [0.15, 0.2) is 28.9 Å². The lowest BCUT2D eigenvalue weighted by molar-refractivity contribution is -0.262. The van der Waals surface area contributed by atoms with Crippen LogP contribution >= 0.6 is 0 Å². The number of hydrogen-bond acceptors (Lipinski definition) is 11. The standard InChI is InChI=1S/C35H44O11/c1-5-7-18(20(37)16-36)14-21-19(9-13-42-21)27-31(4)12-8-22-32(35(31)28(46-35)29(41)44-27)10-6-11-34(26(40)25(32)39)30(2,3)45-23-15-24(38)43-17-33(22,23)34/h6,9,11,13,18,20,22-23,25,27-28,36-37,39H,5,7-8,10,12,14-17H2,1-4H3/t18-,20-,22+,23+,25-,27+,28-,31+,32+,33+,34-,35-/m1/s1. The molecular weight excluding hydrogens is 596 g/mol. The van der Waals surface area contributed by atoms with E-state index in [0.29, 0.717) is 43.4 Å². The Labute approximate surface area is 267 Å². The van der Waals surface area contributed by atoms with Gasteiger partial charge in [0.15, 0.2) is 11.9 Å². The molecule has 0 unspecified atom stereocenters. The van der Waals surface area contributed by atoms with E-state index >= 15 is 0 Å². The fourth-order valence-electron chi connectivity index (χ4n) is 12.0. The van der Waals surface area contributed by atoms with E-state index in [-0.39, 0.29) is 43.2 Å². The van der Waals surface area contributed by atoms with Crippen molar-refractivity contribution in [3.63, 3.8) is 0 Å². The van der Waals surface area contributed by atoms with Crippen LogP contribution < -0.4 is 0 Å². The fraction of sp³-hybridized carbons (Fsp3) is 0.743. The quantitative estimate of drug-likeness (QED) is 0.228. The second kappa shape index (κ2) is 9.53. The van der Waals surface area contributed by atoms with Gasteiger partial charge in [0.25, 0.3) is 0 Å². The van der Waals surface area contributed by atoms with Crippen LogP contribution in [0, 0.1) is 33.5 Å². The molecule has 6 fully saturated rings. The molecule has 5 heterocycles. The van der Waals surface area contributed by atoms with E-state index in [1.807, 2.05) is 39.8 Å². The molecule has 2 bridgehead atoms. The van der Waals surface area contributed by atoms with Crippen molar-refractivity contribution in [2.24, 2.45) is 33.5 Å². The van der Waals surface area contributed by atoms with E-state index in [4.69, 9.17) is 23.4 Å². The lowest BCUT2D eigenvalue weighted by Gasteiger charge is -2.68. The number of aliphatic hydroxyl groups excluding tert-OH is 3. The molecule has 4 aliphatic heterocycles. The largest absolute Gasteiger partial charge is 0.469 e. The first kappa shape index (κ1) is 30.7. The van der Waals surface area contributed by atoms with Crippen molar-refractivity contribution >= 4 is 17.7 Å². The van der Waals surface area contributed by atoms with E-state index in [1.165, 1.54) is 0 Å². The number of Topliss-reactive ketones (excluding diaryl/α,β-unsaturated/α-hetero) is 1. The Bertz CT molecular complexity index is 1530. The van der Waals surface area contributed by atoms with Gasteiger partial charge in [-0.05, 0) is 57.4 Å². The second-order valence-electron chi connectivity index (χ2n) is 15.6. The van der Waals surface area contributed by atoms with Gasteiger partial charge in [0.05, 0.1) is 47.9 Å². The highest BCUT2D eigenvalue weighted by molar-refractivity contribution is 5.97. The summed E-state index contributed by atoms with van der Waals surface area (Å²) >= 11 is 0. The molecule has 0 aromatic carbocycles. The molecule has 250 valence electrons. The molecule has 12 atom stereocenters. The summed E-state index contributed by atoms with van der Waals surface area (Å²) in [6, 6.07) is 1.79. The molecule has 4 aliphatic carbocycles. The first-order valence-corrected chi connectivity index (χ1v) is 16.8. The molecule has 4 saturated heterocycles. The summed E-state index contributed by atoms with van der Waals surface area (Å²) in [6.45, 7) is 7.37. The minimum absolute atomic E-state index is 0.00515. The number of ketones is 1. The van der Waals surface area contributed by atoms with Gasteiger partial charge in [-0.3, -0.25) is 9.59 Å². The van der Waals surface area contributed by atoms with Crippen molar-refractivity contribution in [1.29, 1.82) is 0 Å². The zero-order valence-electron chi connectivity index (χ0n) is 26.8. The van der Waals surface area contributed by atoms with Crippen LogP contribution in [0.1, 0.15) is 83.6 Å². The van der Waals surface area contributed by atoms with Crippen LogP contribution in [0.25, 0.3) is 0 Å². The number of carbonyl (C=O) groups excluding carboxylic acids is 3. The number of rotatable bonds is 7. The molecule has 11 heteroatoms. The number of allylic oxidation sites excluding steroid dienone is 1. The van der Waals surface area contributed by atoms with Gasteiger partial charge in [0.2, 0.25) is 0 Å². The van der Waals surface area contributed by atoms with Crippen LogP contribution in [0.4, 0.5) is 0 Å². The normalized spacial score (nSPS) is 47.4. The third-order valence-corrected chi connectivity index (χ3v) is 13.7. The van der Waals surface area contributed by atoms with E-state index in [0.717, 1.165) is 6.42 Å². The van der Waals surface area contributed by atoms with Gasteiger partial charge < -0.3 is 38.7 Å². The molecule has 9 rings (SSSR count). The molecule has 1 aromatic heterocycles. The first-order valence-electron chi connectivity index (χ1n) is 16.8. The molecule has 4 spiro atoms. The van der Waals surface area contributed by atoms with Gasteiger partial charge >= 0.3 is 11.9 Å². The zero-order valence-corrected chi connectivity index (χ0v) is 26.8. The predicted octanol–water partition coefficient (Wildman–Crippen LogP) is 2.73. The Balaban J connectivity index is 1.28. The van der Waals surface area contributed by atoms with Crippen molar-refractivity contribution in [1.82, 2.24) is 0 Å². The number of furan rings is 1. The fourth-order valence-corrected chi connectivity index (χ4v) is 12.0. The number of ether oxygens (including phenoxy) is 4. The molecule has 3 N–H and O–H groups in total. The number of cyclic esters (lactones) is 2. The van der Waals surface area contributed by atoms with Crippen molar-refractivity contribution in [3.8, 4) is 0 Å². The third kappa shape index (κ3) is 3.16. The van der Waals surface area contributed by atoms with Crippen LogP contribution in [0.3, 0.4) is 0 Å². The summed E-state index contributed by atoms with van der Waals surface area (Å²) in [5.41, 5.74) is -5.90. The molecule has 2 saturated carbocycles. The average Bonchev–Trinajstić information content (AvgIpc) is 3.64. The molecule has 8 aliphatic rings. The number of hydrogen-bond donors (Lipinski definition) is 3. The first-order chi connectivity index (χ1) is 21.8. The minimum atomic E-state index is -1.47. The molecular formula is C35H44O11. The van der Waals surface area contributed by atoms with E-state index in [1.54, 1.807) is 12.3 Å². The SMILES string of the molecule is CCC[C@H](Cc1occc1[C@@H]1OC(=O)[C@H]2O[C@]23[C@]24CC=C[C@@]5(C(=O)[C@H]2O)C(C)(C)O[C@H]2CC(=O)OC[C@]25[C@H]4CC[C@@]13C)[C@H](O)CO. The van der Waals surface area contributed by atoms with Gasteiger partial charge in [-0.1, -0.05) is 32.4 Å². The van der Waals surface area contributed by atoms with Crippen LogP contribution in [-0.4, -0.2) is 81.9 Å². The Morgan fingerprint density at radius 2 is 1.87 bits per heavy atom. The maximum Gasteiger partial charge on any atom is 0.339 e. The molecule has 0 radical (unpaired) electrons. The van der Waals surface area contributed by atoms with Crippen molar-refractivity contribution in [2.45, 2.75) is 114 Å². The number of epoxide rings is 1. The Morgan fingerprint density at radius 3 is 2.61 bits per heavy atom. The Morgan fingerprint density at radius 1 is 1.09 bits per heavy atom. The van der Waals surface area contributed by atoms with Gasteiger partial charge in [-0.2, -0.15) is 0 Å². The highest BCUT2D eigenvalue weighted by atomic mass is 16.7. The summed E-state index contributed by atoms with van der Waals surface area (Å²) in [5.74, 6) is -1.39. The minimum Gasteiger partial charge on any atom is -0.469 e. The van der Waals surface area contributed by atoms with Crippen molar-refractivity contribution < 1.29 is 53.1 Å². The van der Waals surface area contributed by atoms with Gasteiger partial charge in [-0.25, -0.2) is 4.79 Å². The lowest BCUT2D eigenvalue weighted by Crippen LogP contribution is -2.79. The van der Waals surface area contributed by atoms with E-state index in [9.17, 15) is 29.7 Å². The number of carbonyl (C=O) groups is 3. The van der Waals surface area contributed by atoms with E-state index < -0.39 is 69.4 Å². The van der Waals surface area contributed by atoms with Crippen molar-refractivity contribution in [3.05, 3.63) is 35.8 Å². The highest BCUT2D eigenvalue weighted by Crippen LogP contribution is 2.84. The summed E-state index contributed by atoms with van der Waals surface area (Å²) < 4.78 is 31.3. The van der Waals surface area contributed by atoms with Crippen LogP contribution in [-0.2, 0) is 39.8 Å². The smallest absolute Gasteiger partial charge is 0.339 e. The summed E-state index contributed by atoms with van der Waals surface area (Å²) in [4.78, 5) is 41.5. The van der Waals surface area contributed by atoms with Crippen LogP contribution in [0.5, 0.6) is 0 Å². The summed E-state index contributed by atoms with van der Waals surface area (Å²) in [6.07, 6.45) is 3.82. The third-order valence-electron chi connectivity index (χ3n) is 13.7. The van der Waals surface area contributed by atoms with Gasteiger partial charge in [0.1, 0.15) is 30.2 Å². The maximum atomic E-state index is 14.9. The van der Waals surface area contributed by atoms with E-state index in [2.05, 4.69) is 0 Å². The second-order valence-corrected chi connectivity index (χ2v) is 15.6. The lowest BCUT2D eigenvalue weighted by atomic mass is 9.33. The van der Waals surface area contributed by atoms with Gasteiger partial charge in [0, 0.05) is 22.8 Å². The number of aliphatic hydroxyl groups is 3. The Kier molecular flexibility index (Phi) is 6.37. The van der Waals surface area contributed by atoms with Gasteiger partial charge in [-0.15, -0.1) is 0 Å². The molecule has 46 heavy (non-hydrogen) atoms. The molecule has 1 aromatic rings. The zero-order chi connectivity index (χ0) is 32.7. The van der Waals surface area contributed by atoms with Crippen molar-refractivity contribution in [2.75, 3.05) is 13.2 Å². The summed E-state index contributed by atoms with van der Waals surface area (Å²) in [5, 5.41) is 32.8. The monoisotopic (exact) mass is 640 g/mol. The molecule has 0 amide bonds. The maximum absolute atomic E-state index is 14.9. The topological polar surface area (TPSA) is 165 Å². The summed E-state index contributed by atoms with van der Waals surface area (Å²) in [7, 11) is 0. The number of fused-ring (bicyclic) bond motifs is 2. The predicted molar refractivity (Wildman–Crippen MR) is 158 cm³/mol.